The van der Waals surface area contributed by atoms with Gasteiger partial charge in [-0.1, -0.05) is 74.5 Å². The Kier molecular flexibility index (Phi) is 5.92. The van der Waals surface area contributed by atoms with Gasteiger partial charge in [0.1, 0.15) is 0 Å². The van der Waals surface area contributed by atoms with Crippen LogP contribution in [0.5, 0.6) is 0 Å². The van der Waals surface area contributed by atoms with E-state index >= 15 is 0 Å². The highest BCUT2D eigenvalue weighted by Crippen LogP contribution is 2.21. The Labute approximate surface area is 136 Å². The summed E-state index contributed by atoms with van der Waals surface area (Å²) in [5.74, 6) is -1.04. The second kappa shape index (κ2) is 8.13. The van der Waals surface area contributed by atoms with Crippen LogP contribution in [0.15, 0.2) is 60.7 Å². The lowest BCUT2D eigenvalue weighted by molar-refractivity contribution is -0.139. The van der Waals surface area contributed by atoms with Crippen molar-refractivity contribution in [3.05, 3.63) is 71.8 Å². The van der Waals surface area contributed by atoms with Crippen LogP contribution >= 0.6 is 0 Å². The molecule has 1 atom stereocenters. The van der Waals surface area contributed by atoms with Crippen molar-refractivity contribution >= 4 is 11.8 Å². The molecule has 0 radical (unpaired) electrons. The van der Waals surface area contributed by atoms with Crippen LogP contribution in [0.3, 0.4) is 0 Å². The Bertz CT molecular complexity index is 639. The highest BCUT2D eigenvalue weighted by atomic mass is 16.2. The second-order valence-electron chi connectivity index (χ2n) is 5.77. The molecule has 0 heterocycles. The Morgan fingerprint density at radius 2 is 1.43 bits per heavy atom. The van der Waals surface area contributed by atoms with Crippen molar-refractivity contribution in [3.63, 3.8) is 0 Å². The highest BCUT2D eigenvalue weighted by Gasteiger charge is 2.22. The largest absolute Gasteiger partial charge is 0.344 e. The molecule has 2 aromatic rings. The first kappa shape index (κ1) is 16.7. The number of hydrogen-bond donors (Lipinski definition) is 2. The summed E-state index contributed by atoms with van der Waals surface area (Å²) < 4.78 is 0. The van der Waals surface area contributed by atoms with Crippen LogP contribution in [0, 0.1) is 5.92 Å². The number of carbonyl (C=O) groups excluding carboxylic acids is 2. The van der Waals surface area contributed by atoms with E-state index in [1.54, 1.807) is 0 Å². The lowest BCUT2D eigenvalue weighted by Gasteiger charge is -2.22. The third-order valence-corrected chi connectivity index (χ3v) is 3.61. The van der Waals surface area contributed by atoms with Gasteiger partial charge < -0.3 is 10.6 Å². The van der Waals surface area contributed by atoms with E-state index in [-0.39, 0.29) is 12.0 Å². The van der Waals surface area contributed by atoms with E-state index in [0.717, 1.165) is 11.1 Å². The topological polar surface area (TPSA) is 58.2 Å². The minimum atomic E-state index is -0.615. The quantitative estimate of drug-likeness (QED) is 0.834. The Morgan fingerprint density at radius 3 is 2.00 bits per heavy atom. The number of benzene rings is 2. The third-order valence-electron chi connectivity index (χ3n) is 3.61. The first-order valence-corrected chi connectivity index (χ1v) is 7.75. The van der Waals surface area contributed by atoms with Gasteiger partial charge in [-0.15, -0.1) is 0 Å². The molecule has 2 amide bonds. The van der Waals surface area contributed by atoms with Gasteiger partial charge in [0, 0.05) is 6.54 Å². The van der Waals surface area contributed by atoms with E-state index in [2.05, 4.69) is 10.6 Å². The maximum atomic E-state index is 12.1. The van der Waals surface area contributed by atoms with Gasteiger partial charge in [0.05, 0.1) is 6.04 Å². The molecule has 2 N–H and O–H groups in total. The summed E-state index contributed by atoms with van der Waals surface area (Å²) in [4.78, 5) is 24.1. The number of amides is 2. The van der Waals surface area contributed by atoms with Gasteiger partial charge in [-0.2, -0.15) is 0 Å². The molecule has 2 rings (SSSR count). The summed E-state index contributed by atoms with van der Waals surface area (Å²) in [6.45, 7) is 4.37. The Hall–Kier alpha value is -2.62. The molecule has 0 aromatic heterocycles. The Morgan fingerprint density at radius 1 is 0.870 bits per heavy atom. The van der Waals surface area contributed by atoms with Crippen LogP contribution in [-0.4, -0.2) is 11.8 Å². The fourth-order valence-electron chi connectivity index (χ4n) is 2.36. The van der Waals surface area contributed by atoms with Crippen molar-refractivity contribution in [2.24, 2.45) is 5.92 Å². The van der Waals surface area contributed by atoms with Crippen molar-refractivity contribution in [1.29, 1.82) is 0 Å². The maximum absolute atomic E-state index is 12.1. The smallest absolute Gasteiger partial charge is 0.309 e. The highest BCUT2D eigenvalue weighted by molar-refractivity contribution is 6.35. The van der Waals surface area contributed by atoms with Crippen molar-refractivity contribution in [3.8, 4) is 0 Å². The van der Waals surface area contributed by atoms with Crippen molar-refractivity contribution in [1.82, 2.24) is 10.6 Å². The normalized spacial score (nSPS) is 11.8. The van der Waals surface area contributed by atoms with Crippen LogP contribution in [0.2, 0.25) is 0 Å². The van der Waals surface area contributed by atoms with E-state index in [9.17, 15) is 9.59 Å². The van der Waals surface area contributed by atoms with Crippen LogP contribution in [-0.2, 0) is 16.1 Å². The number of hydrogen-bond acceptors (Lipinski definition) is 2. The zero-order chi connectivity index (χ0) is 16.7. The molecule has 0 saturated carbocycles. The van der Waals surface area contributed by atoms with Gasteiger partial charge in [-0.25, -0.2) is 0 Å². The number of carbonyl (C=O) groups is 2. The molecule has 4 nitrogen and oxygen atoms in total. The predicted molar refractivity (Wildman–Crippen MR) is 90.5 cm³/mol. The molecular formula is C19H22N2O2. The van der Waals surface area contributed by atoms with Crippen LogP contribution in [0.25, 0.3) is 0 Å². The summed E-state index contributed by atoms with van der Waals surface area (Å²) in [5, 5.41) is 5.46. The summed E-state index contributed by atoms with van der Waals surface area (Å²) in [7, 11) is 0. The van der Waals surface area contributed by atoms with Gasteiger partial charge in [-0.05, 0) is 17.0 Å². The summed E-state index contributed by atoms with van der Waals surface area (Å²) in [6, 6.07) is 19.0. The zero-order valence-corrected chi connectivity index (χ0v) is 13.5. The molecule has 23 heavy (non-hydrogen) atoms. The fraction of sp³-hybridized carbons (Fsp3) is 0.263. The molecule has 0 aliphatic heterocycles. The van der Waals surface area contributed by atoms with E-state index < -0.39 is 11.8 Å². The molecule has 2 aromatic carbocycles. The minimum absolute atomic E-state index is 0.184. The number of rotatable bonds is 5. The fourth-order valence-corrected chi connectivity index (χ4v) is 2.36. The average Bonchev–Trinajstić information content (AvgIpc) is 2.58. The van der Waals surface area contributed by atoms with Crippen molar-refractivity contribution in [2.75, 3.05) is 0 Å². The third kappa shape index (κ3) is 4.95. The van der Waals surface area contributed by atoms with Gasteiger partial charge in [-0.3, -0.25) is 9.59 Å². The average molecular weight is 310 g/mol. The van der Waals surface area contributed by atoms with Crippen molar-refractivity contribution in [2.45, 2.75) is 26.4 Å². The first-order chi connectivity index (χ1) is 11.1. The van der Waals surface area contributed by atoms with Gasteiger partial charge in [0.15, 0.2) is 0 Å². The summed E-state index contributed by atoms with van der Waals surface area (Å²) in [5.41, 5.74) is 1.95. The maximum Gasteiger partial charge on any atom is 0.309 e. The SMILES string of the molecule is CC(C)[C@H](NC(=O)C(=O)NCc1ccccc1)c1ccccc1. The molecule has 0 bridgehead atoms. The zero-order valence-electron chi connectivity index (χ0n) is 13.5. The van der Waals surface area contributed by atoms with Gasteiger partial charge in [0.2, 0.25) is 0 Å². The van der Waals surface area contributed by atoms with E-state index in [0.29, 0.717) is 6.54 Å². The summed E-state index contributed by atoms with van der Waals surface area (Å²) in [6.07, 6.45) is 0. The van der Waals surface area contributed by atoms with Gasteiger partial charge >= 0.3 is 11.8 Å². The lowest BCUT2D eigenvalue weighted by Crippen LogP contribution is -2.42. The minimum Gasteiger partial charge on any atom is -0.344 e. The Balaban J connectivity index is 1.94. The van der Waals surface area contributed by atoms with E-state index in [4.69, 9.17) is 0 Å². The molecule has 0 aliphatic carbocycles. The molecule has 0 spiro atoms. The van der Waals surface area contributed by atoms with Crippen LogP contribution < -0.4 is 10.6 Å². The second-order valence-corrected chi connectivity index (χ2v) is 5.77. The summed E-state index contributed by atoms with van der Waals surface area (Å²) >= 11 is 0. The molecule has 0 saturated heterocycles. The van der Waals surface area contributed by atoms with Gasteiger partial charge in [0.25, 0.3) is 0 Å². The predicted octanol–water partition coefficient (Wildman–Crippen LogP) is 2.82. The van der Waals surface area contributed by atoms with Crippen molar-refractivity contribution < 1.29 is 9.59 Å². The van der Waals surface area contributed by atoms with Crippen LogP contribution in [0.4, 0.5) is 0 Å². The number of nitrogens with one attached hydrogen (secondary N) is 2. The van der Waals surface area contributed by atoms with Crippen LogP contribution in [0.1, 0.15) is 31.0 Å². The lowest BCUT2D eigenvalue weighted by atomic mass is 9.96. The first-order valence-electron chi connectivity index (χ1n) is 7.75. The molecule has 120 valence electrons. The molecule has 0 aliphatic rings. The van der Waals surface area contributed by atoms with E-state index in [1.807, 2.05) is 74.5 Å². The van der Waals surface area contributed by atoms with E-state index in [1.165, 1.54) is 0 Å². The molecule has 0 unspecified atom stereocenters. The molecular weight excluding hydrogens is 288 g/mol. The standard InChI is InChI=1S/C19H22N2O2/c1-14(2)17(16-11-7-4-8-12-16)21-19(23)18(22)20-13-15-9-5-3-6-10-15/h3-12,14,17H,13H2,1-2H3,(H,20,22)(H,21,23)/t17-/m0/s1. The molecule has 4 heteroatoms. The monoisotopic (exact) mass is 310 g/mol. The molecule has 0 fully saturated rings.